The number of hydrogen-bond acceptors (Lipinski definition) is 3. The van der Waals surface area contributed by atoms with Crippen molar-refractivity contribution in [2.24, 2.45) is 0 Å². The molecule has 0 radical (unpaired) electrons. The van der Waals surface area contributed by atoms with E-state index in [2.05, 4.69) is 5.32 Å². The fourth-order valence-corrected chi connectivity index (χ4v) is 1.95. The van der Waals surface area contributed by atoms with Crippen LogP contribution in [-0.4, -0.2) is 46.6 Å². The normalized spacial score (nSPS) is 29.7. The molecule has 2 saturated heterocycles. The van der Waals surface area contributed by atoms with Gasteiger partial charge in [-0.3, -0.25) is 9.59 Å². The number of aliphatic hydroxyl groups is 1. The number of amides is 2. The third-order valence-electron chi connectivity index (χ3n) is 2.67. The number of rotatable bonds is 1. The molecule has 2 fully saturated rings. The summed E-state index contributed by atoms with van der Waals surface area (Å²) in [5.74, 6) is -0.127. The quantitative estimate of drug-likeness (QED) is 0.559. The minimum Gasteiger partial charge on any atom is -0.386 e. The molecular formula is C9H14N2O3. The van der Waals surface area contributed by atoms with Crippen molar-refractivity contribution in [3.63, 3.8) is 0 Å². The van der Waals surface area contributed by atoms with Gasteiger partial charge in [0.05, 0.1) is 18.7 Å². The van der Waals surface area contributed by atoms with Gasteiger partial charge in [0.15, 0.2) is 0 Å². The molecule has 0 spiro atoms. The van der Waals surface area contributed by atoms with Crippen molar-refractivity contribution < 1.29 is 14.7 Å². The number of nitrogens with one attached hydrogen (secondary N) is 1. The Balaban J connectivity index is 1.88. The van der Waals surface area contributed by atoms with E-state index in [0.717, 1.165) is 0 Å². The molecule has 2 rings (SSSR count). The zero-order chi connectivity index (χ0) is 10.3. The Labute approximate surface area is 82.1 Å². The van der Waals surface area contributed by atoms with E-state index in [1.165, 1.54) is 0 Å². The summed E-state index contributed by atoms with van der Waals surface area (Å²) in [4.78, 5) is 24.1. The minimum absolute atomic E-state index is 0.0596. The number of carbonyl (C=O) groups is 2. The maximum absolute atomic E-state index is 11.7. The molecule has 1 atom stereocenters. The van der Waals surface area contributed by atoms with Gasteiger partial charge in [0.25, 0.3) is 0 Å². The number of hydrogen-bond donors (Lipinski definition) is 2. The topological polar surface area (TPSA) is 69.6 Å². The molecule has 5 nitrogen and oxygen atoms in total. The van der Waals surface area contributed by atoms with Gasteiger partial charge in [-0.1, -0.05) is 0 Å². The second kappa shape index (κ2) is 2.95. The highest BCUT2D eigenvalue weighted by Crippen LogP contribution is 2.22. The van der Waals surface area contributed by atoms with E-state index >= 15 is 0 Å². The van der Waals surface area contributed by atoms with Gasteiger partial charge >= 0.3 is 0 Å². The van der Waals surface area contributed by atoms with Gasteiger partial charge in [-0.2, -0.15) is 0 Å². The molecule has 0 aliphatic carbocycles. The number of nitrogens with zero attached hydrogens (tertiary/aromatic N) is 1. The first-order valence-electron chi connectivity index (χ1n) is 4.78. The predicted octanol–water partition coefficient (Wildman–Crippen LogP) is -1.14. The summed E-state index contributed by atoms with van der Waals surface area (Å²) < 4.78 is 0. The van der Waals surface area contributed by atoms with Gasteiger partial charge < -0.3 is 15.3 Å². The van der Waals surface area contributed by atoms with Crippen LogP contribution in [-0.2, 0) is 9.59 Å². The number of carbonyl (C=O) groups excluding carboxylic acids is 2. The van der Waals surface area contributed by atoms with Crippen LogP contribution in [0.5, 0.6) is 0 Å². The van der Waals surface area contributed by atoms with Gasteiger partial charge in [-0.15, -0.1) is 0 Å². The minimum atomic E-state index is -0.738. The summed E-state index contributed by atoms with van der Waals surface area (Å²) in [7, 11) is 0. The molecule has 2 aliphatic heterocycles. The monoisotopic (exact) mass is 198 g/mol. The molecule has 0 aromatic carbocycles. The molecule has 2 aliphatic rings. The Kier molecular flexibility index (Phi) is 1.99. The predicted molar refractivity (Wildman–Crippen MR) is 48.4 cm³/mol. The summed E-state index contributed by atoms with van der Waals surface area (Å²) in [5, 5.41) is 12.1. The fraction of sp³-hybridized carbons (Fsp3) is 0.778. The summed E-state index contributed by atoms with van der Waals surface area (Å²) in [6, 6.07) is -0.362. The van der Waals surface area contributed by atoms with E-state index in [1.807, 2.05) is 0 Å². The highest BCUT2D eigenvalue weighted by Gasteiger charge is 2.42. The third-order valence-corrected chi connectivity index (χ3v) is 2.67. The number of β-amino-alcohol motifs (C(OH)–C–C–N with tert-alkyl or cyclic N) is 1. The zero-order valence-corrected chi connectivity index (χ0v) is 8.12. The second-order valence-electron chi connectivity index (χ2n) is 4.35. The van der Waals surface area contributed by atoms with Gasteiger partial charge in [0.2, 0.25) is 11.8 Å². The summed E-state index contributed by atoms with van der Waals surface area (Å²) in [6.45, 7) is 2.44. The SMILES string of the molecule is CC1(O)CN(C(=O)[C@H]2CCC(=O)N2)C1. The van der Waals surface area contributed by atoms with Crippen LogP contribution in [0.3, 0.4) is 0 Å². The Morgan fingerprint density at radius 3 is 2.71 bits per heavy atom. The second-order valence-corrected chi connectivity index (χ2v) is 4.35. The van der Waals surface area contributed by atoms with Crippen molar-refractivity contribution in [1.29, 1.82) is 0 Å². The Morgan fingerprint density at radius 1 is 1.64 bits per heavy atom. The fourth-order valence-electron chi connectivity index (χ4n) is 1.95. The van der Waals surface area contributed by atoms with Crippen molar-refractivity contribution >= 4 is 11.8 Å². The Morgan fingerprint density at radius 2 is 2.29 bits per heavy atom. The molecule has 0 aromatic heterocycles. The van der Waals surface area contributed by atoms with Crippen LogP contribution in [0.15, 0.2) is 0 Å². The van der Waals surface area contributed by atoms with Crippen molar-refractivity contribution in [3.8, 4) is 0 Å². The highest BCUT2D eigenvalue weighted by molar-refractivity contribution is 5.91. The molecule has 5 heteroatoms. The van der Waals surface area contributed by atoms with Crippen molar-refractivity contribution in [2.45, 2.75) is 31.4 Å². The van der Waals surface area contributed by atoms with Crippen LogP contribution >= 0.6 is 0 Å². The highest BCUT2D eigenvalue weighted by atomic mass is 16.3. The molecule has 78 valence electrons. The standard InChI is InChI=1S/C9H14N2O3/c1-9(14)4-11(5-9)8(13)6-2-3-7(12)10-6/h6,14H,2-5H2,1H3,(H,10,12)/t6-/m1/s1. The van der Waals surface area contributed by atoms with Crippen LogP contribution in [0.4, 0.5) is 0 Å². The summed E-state index contributed by atoms with van der Waals surface area (Å²) >= 11 is 0. The van der Waals surface area contributed by atoms with E-state index < -0.39 is 5.60 Å². The Bertz CT molecular complexity index is 280. The van der Waals surface area contributed by atoms with Crippen molar-refractivity contribution in [1.82, 2.24) is 10.2 Å². The largest absolute Gasteiger partial charge is 0.386 e. The molecule has 2 amide bonds. The summed E-state index contributed by atoms with van der Waals surface area (Å²) in [6.07, 6.45) is 1.01. The molecule has 0 saturated carbocycles. The van der Waals surface area contributed by atoms with Crippen molar-refractivity contribution in [3.05, 3.63) is 0 Å². The third kappa shape index (κ3) is 1.59. The lowest BCUT2D eigenvalue weighted by Crippen LogP contribution is -2.64. The lowest BCUT2D eigenvalue weighted by Gasteiger charge is -2.45. The molecule has 0 bridgehead atoms. The molecular weight excluding hydrogens is 184 g/mol. The van der Waals surface area contributed by atoms with Crippen LogP contribution < -0.4 is 5.32 Å². The molecule has 2 heterocycles. The van der Waals surface area contributed by atoms with E-state index in [1.54, 1.807) is 11.8 Å². The van der Waals surface area contributed by atoms with E-state index in [9.17, 15) is 14.7 Å². The Hall–Kier alpha value is -1.10. The lowest BCUT2D eigenvalue weighted by molar-refractivity contribution is -0.154. The average molecular weight is 198 g/mol. The van der Waals surface area contributed by atoms with Gasteiger partial charge in [0, 0.05) is 6.42 Å². The zero-order valence-electron chi connectivity index (χ0n) is 8.12. The van der Waals surface area contributed by atoms with E-state index in [0.29, 0.717) is 25.9 Å². The molecule has 14 heavy (non-hydrogen) atoms. The van der Waals surface area contributed by atoms with Gasteiger partial charge in [0.1, 0.15) is 6.04 Å². The maximum Gasteiger partial charge on any atom is 0.245 e. The number of likely N-dealkylation sites (tertiary alicyclic amines) is 1. The molecule has 0 unspecified atom stereocenters. The van der Waals surface area contributed by atoms with Crippen LogP contribution in [0.2, 0.25) is 0 Å². The van der Waals surface area contributed by atoms with Crippen LogP contribution in [0.1, 0.15) is 19.8 Å². The average Bonchev–Trinajstić information content (AvgIpc) is 2.46. The smallest absolute Gasteiger partial charge is 0.245 e. The van der Waals surface area contributed by atoms with E-state index in [-0.39, 0.29) is 17.9 Å². The van der Waals surface area contributed by atoms with E-state index in [4.69, 9.17) is 0 Å². The lowest BCUT2D eigenvalue weighted by atomic mass is 9.96. The van der Waals surface area contributed by atoms with Gasteiger partial charge in [-0.05, 0) is 13.3 Å². The molecule has 0 aromatic rings. The van der Waals surface area contributed by atoms with Gasteiger partial charge in [-0.25, -0.2) is 0 Å². The maximum atomic E-state index is 11.7. The molecule has 2 N–H and O–H groups in total. The first kappa shape index (κ1) is 9.45. The first-order valence-corrected chi connectivity index (χ1v) is 4.78. The first-order chi connectivity index (χ1) is 6.48. The van der Waals surface area contributed by atoms with Crippen molar-refractivity contribution in [2.75, 3.05) is 13.1 Å². The van der Waals surface area contributed by atoms with Crippen LogP contribution in [0.25, 0.3) is 0 Å². The summed E-state index contributed by atoms with van der Waals surface area (Å²) in [5.41, 5.74) is -0.738. The van der Waals surface area contributed by atoms with Crippen LogP contribution in [0, 0.1) is 0 Å².